The van der Waals surface area contributed by atoms with Crippen LogP contribution in [0.5, 0.6) is 5.75 Å². The van der Waals surface area contributed by atoms with Crippen LogP contribution in [-0.2, 0) is 0 Å². The minimum absolute atomic E-state index is 0.185. The number of hydrogen-bond donors (Lipinski definition) is 1. The molecule has 0 radical (unpaired) electrons. The summed E-state index contributed by atoms with van der Waals surface area (Å²) in [6.07, 6.45) is 0. The van der Waals surface area contributed by atoms with Gasteiger partial charge in [-0.25, -0.2) is 0 Å². The van der Waals surface area contributed by atoms with Gasteiger partial charge >= 0.3 is 0 Å². The maximum Gasteiger partial charge on any atom is 0.199 e. The molecule has 98 valence electrons. The van der Waals surface area contributed by atoms with Crippen molar-refractivity contribution in [1.82, 2.24) is 0 Å². The van der Waals surface area contributed by atoms with Gasteiger partial charge in [-0.3, -0.25) is 4.79 Å². The van der Waals surface area contributed by atoms with Crippen molar-refractivity contribution in [1.29, 1.82) is 0 Å². The summed E-state index contributed by atoms with van der Waals surface area (Å²) >= 11 is 5.95. The smallest absolute Gasteiger partial charge is 0.199 e. The quantitative estimate of drug-likeness (QED) is 0.689. The molecule has 0 unspecified atom stereocenters. The predicted octanol–water partition coefficient (Wildman–Crippen LogP) is 3.47. The fourth-order valence-electron chi connectivity index (χ4n) is 1.99. The van der Waals surface area contributed by atoms with Crippen LogP contribution in [0.2, 0.25) is 5.02 Å². The van der Waals surface area contributed by atoms with E-state index in [2.05, 4.69) is 0 Å². The van der Waals surface area contributed by atoms with E-state index in [1.807, 2.05) is 19.1 Å². The Labute approximate surface area is 117 Å². The number of aryl methyl sites for hydroxylation is 1. The van der Waals surface area contributed by atoms with Crippen molar-refractivity contribution in [3.63, 3.8) is 0 Å². The maximum atomic E-state index is 12.6. The zero-order valence-electron chi connectivity index (χ0n) is 10.7. The SMILES string of the molecule is COc1ccc(Cl)cc1C(=O)c1c(C)cccc1N. The Hall–Kier alpha value is -2.00. The summed E-state index contributed by atoms with van der Waals surface area (Å²) in [6, 6.07) is 10.3. The first-order valence-electron chi connectivity index (χ1n) is 5.78. The van der Waals surface area contributed by atoms with Crippen LogP contribution in [0.25, 0.3) is 0 Å². The average Bonchev–Trinajstić information content (AvgIpc) is 2.38. The van der Waals surface area contributed by atoms with Gasteiger partial charge in [0.05, 0.1) is 12.7 Å². The van der Waals surface area contributed by atoms with Gasteiger partial charge < -0.3 is 10.5 Å². The van der Waals surface area contributed by atoms with Crippen LogP contribution in [0.3, 0.4) is 0 Å². The van der Waals surface area contributed by atoms with E-state index in [0.717, 1.165) is 5.56 Å². The van der Waals surface area contributed by atoms with E-state index in [1.165, 1.54) is 7.11 Å². The van der Waals surface area contributed by atoms with E-state index in [-0.39, 0.29) is 5.78 Å². The molecule has 0 aliphatic carbocycles. The molecule has 2 aromatic carbocycles. The van der Waals surface area contributed by atoms with Crippen LogP contribution >= 0.6 is 11.6 Å². The summed E-state index contributed by atoms with van der Waals surface area (Å²) in [5, 5.41) is 0.483. The Morgan fingerprint density at radius 3 is 2.63 bits per heavy atom. The number of rotatable bonds is 3. The molecule has 0 aliphatic rings. The van der Waals surface area contributed by atoms with Crippen LogP contribution in [-0.4, -0.2) is 12.9 Å². The monoisotopic (exact) mass is 275 g/mol. The third-order valence-electron chi connectivity index (χ3n) is 2.94. The lowest BCUT2D eigenvalue weighted by Crippen LogP contribution is -2.09. The third-order valence-corrected chi connectivity index (χ3v) is 3.17. The number of anilines is 1. The number of ketones is 1. The largest absolute Gasteiger partial charge is 0.496 e. The van der Waals surface area contributed by atoms with Gasteiger partial charge in [0.15, 0.2) is 5.78 Å². The molecular formula is C15H14ClNO2. The summed E-state index contributed by atoms with van der Waals surface area (Å²) in [5.41, 5.74) is 8.07. The second-order valence-electron chi connectivity index (χ2n) is 4.21. The molecule has 4 heteroatoms. The first-order chi connectivity index (χ1) is 9.04. The molecule has 0 aliphatic heterocycles. The molecule has 0 saturated carbocycles. The molecule has 0 atom stereocenters. The Bertz CT molecular complexity index is 618. The summed E-state index contributed by atoms with van der Waals surface area (Å²) in [7, 11) is 1.52. The fourth-order valence-corrected chi connectivity index (χ4v) is 2.17. The normalized spacial score (nSPS) is 10.3. The van der Waals surface area contributed by atoms with Gasteiger partial charge in [-0.2, -0.15) is 0 Å². The first kappa shape index (κ1) is 13.4. The van der Waals surface area contributed by atoms with Gasteiger partial charge in [0.1, 0.15) is 5.75 Å². The highest BCUT2D eigenvalue weighted by atomic mass is 35.5. The van der Waals surface area contributed by atoms with Crippen LogP contribution in [0.15, 0.2) is 36.4 Å². The molecule has 0 heterocycles. The molecular weight excluding hydrogens is 262 g/mol. The van der Waals surface area contributed by atoms with E-state index in [0.29, 0.717) is 27.6 Å². The predicted molar refractivity (Wildman–Crippen MR) is 77.0 cm³/mol. The zero-order valence-corrected chi connectivity index (χ0v) is 11.5. The van der Waals surface area contributed by atoms with Gasteiger partial charge in [-0.05, 0) is 36.8 Å². The van der Waals surface area contributed by atoms with Crippen molar-refractivity contribution in [2.75, 3.05) is 12.8 Å². The Morgan fingerprint density at radius 1 is 1.26 bits per heavy atom. The highest BCUT2D eigenvalue weighted by molar-refractivity contribution is 6.31. The van der Waals surface area contributed by atoms with E-state index < -0.39 is 0 Å². The Morgan fingerprint density at radius 2 is 2.00 bits per heavy atom. The van der Waals surface area contributed by atoms with Crippen LogP contribution in [0.1, 0.15) is 21.5 Å². The lowest BCUT2D eigenvalue weighted by atomic mass is 9.97. The second kappa shape index (κ2) is 5.33. The molecule has 19 heavy (non-hydrogen) atoms. The summed E-state index contributed by atoms with van der Waals surface area (Å²) in [5.74, 6) is 0.298. The average molecular weight is 276 g/mol. The Kier molecular flexibility index (Phi) is 3.76. The van der Waals surface area contributed by atoms with Crippen molar-refractivity contribution in [3.05, 3.63) is 58.1 Å². The van der Waals surface area contributed by atoms with E-state index >= 15 is 0 Å². The first-order valence-corrected chi connectivity index (χ1v) is 6.15. The highest BCUT2D eigenvalue weighted by Crippen LogP contribution is 2.28. The number of carbonyl (C=O) groups excluding carboxylic acids is 1. The molecule has 2 N–H and O–H groups in total. The number of nitrogens with two attached hydrogens (primary N) is 1. The molecule has 2 rings (SSSR count). The molecule has 0 spiro atoms. The maximum absolute atomic E-state index is 12.6. The van der Waals surface area contributed by atoms with Gasteiger partial charge in [0.25, 0.3) is 0 Å². The molecule has 0 bridgehead atoms. The summed E-state index contributed by atoms with van der Waals surface area (Å²) < 4.78 is 5.20. The van der Waals surface area contributed by atoms with Gasteiger partial charge in [-0.15, -0.1) is 0 Å². The van der Waals surface area contributed by atoms with Gasteiger partial charge in [0.2, 0.25) is 0 Å². The van der Waals surface area contributed by atoms with Gasteiger partial charge in [-0.1, -0.05) is 23.7 Å². The molecule has 3 nitrogen and oxygen atoms in total. The number of methoxy groups -OCH3 is 1. The van der Waals surface area contributed by atoms with E-state index in [1.54, 1.807) is 24.3 Å². The summed E-state index contributed by atoms with van der Waals surface area (Å²) in [6.45, 7) is 1.85. The minimum Gasteiger partial charge on any atom is -0.496 e. The molecule has 0 aromatic heterocycles. The minimum atomic E-state index is -0.185. The summed E-state index contributed by atoms with van der Waals surface area (Å²) in [4.78, 5) is 12.6. The van der Waals surface area contributed by atoms with Crippen molar-refractivity contribution in [2.45, 2.75) is 6.92 Å². The van der Waals surface area contributed by atoms with Crippen LogP contribution < -0.4 is 10.5 Å². The van der Waals surface area contributed by atoms with Crippen LogP contribution in [0, 0.1) is 6.92 Å². The van der Waals surface area contributed by atoms with Crippen molar-refractivity contribution in [2.24, 2.45) is 0 Å². The number of ether oxygens (including phenoxy) is 1. The van der Waals surface area contributed by atoms with E-state index in [9.17, 15) is 4.79 Å². The van der Waals surface area contributed by atoms with Crippen molar-refractivity contribution < 1.29 is 9.53 Å². The topological polar surface area (TPSA) is 52.3 Å². The lowest BCUT2D eigenvalue weighted by Gasteiger charge is -2.11. The standard InChI is InChI=1S/C15H14ClNO2/c1-9-4-3-5-12(17)14(9)15(18)11-8-10(16)6-7-13(11)19-2/h3-8H,17H2,1-2H3. The van der Waals surface area contributed by atoms with E-state index in [4.69, 9.17) is 22.1 Å². The second-order valence-corrected chi connectivity index (χ2v) is 4.65. The molecule has 0 amide bonds. The number of hydrogen-bond acceptors (Lipinski definition) is 3. The van der Waals surface area contributed by atoms with Crippen LogP contribution in [0.4, 0.5) is 5.69 Å². The van der Waals surface area contributed by atoms with Gasteiger partial charge in [0, 0.05) is 16.3 Å². The number of benzene rings is 2. The third kappa shape index (κ3) is 2.56. The fraction of sp³-hybridized carbons (Fsp3) is 0.133. The zero-order chi connectivity index (χ0) is 14.0. The number of halogens is 1. The lowest BCUT2D eigenvalue weighted by molar-refractivity contribution is 0.103. The number of nitrogen functional groups attached to an aromatic ring is 1. The molecule has 0 saturated heterocycles. The number of carbonyl (C=O) groups is 1. The highest BCUT2D eigenvalue weighted by Gasteiger charge is 2.19. The Balaban J connectivity index is 2.59. The van der Waals surface area contributed by atoms with Crippen molar-refractivity contribution in [3.8, 4) is 5.75 Å². The molecule has 2 aromatic rings. The molecule has 0 fully saturated rings. The van der Waals surface area contributed by atoms with Crippen molar-refractivity contribution >= 4 is 23.1 Å².